The van der Waals surface area contributed by atoms with Crippen LogP contribution in [0.4, 0.5) is 0 Å². The molecule has 0 aromatic rings. The number of ether oxygens (including phenoxy) is 4. The standard InChI is InChI=1S/C10H20ClIO4/c11-1-3-13-5-7-15-9-10-16-8-6-14-4-2-12/h1-10H2. The van der Waals surface area contributed by atoms with Gasteiger partial charge in [0.1, 0.15) is 0 Å². The van der Waals surface area contributed by atoms with Crippen LogP contribution in [0.2, 0.25) is 0 Å². The molecule has 0 saturated heterocycles. The van der Waals surface area contributed by atoms with Crippen LogP contribution in [0.15, 0.2) is 0 Å². The zero-order chi connectivity index (χ0) is 11.9. The summed E-state index contributed by atoms with van der Waals surface area (Å²) in [6, 6.07) is 0. The summed E-state index contributed by atoms with van der Waals surface area (Å²) in [5.41, 5.74) is 0. The van der Waals surface area contributed by atoms with Crippen LogP contribution < -0.4 is 0 Å². The van der Waals surface area contributed by atoms with Gasteiger partial charge < -0.3 is 18.9 Å². The predicted molar refractivity (Wildman–Crippen MR) is 72.9 cm³/mol. The third-order valence-electron chi connectivity index (χ3n) is 1.56. The van der Waals surface area contributed by atoms with Crippen LogP contribution in [0.25, 0.3) is 0 Å². The highest BCUT2D eigenvalue weighted by atomic mass is 127. The van der Waals surface area contributed by atoms with Crippen molar-refractivity contribution >= 4 is 34.2 Å². The van der Waals surface area contributed by atoms with E-state index >= 15 is 0 Å². The van der Waals surface area contributed by atoms with Gasteiger partial charge in [-0.05, 0) is 0 Å². The van der Waals surface area contributed by atoms with E-state index in [1.54, 1.807) is 0 Å². The molecule has 4 nitrogen and oxygen atoms in total. The molecule has 0 aromatic heterocycles. The van der Waals surface area contributed by atoms with Crippen molar-refractivity contribution in [1.29, 1.82) is 0 Å². The van der Waals surface area contributed by atoms with Crippen molar-refractivity contribution in [2.75, 3.05) is 63.2 Å². The average molecular weight is 367 g/mol. The second-order valence-corrected chi connectivity index (χ2v) is 4.28. The molecule has 0 saturated carbocycles. The summed E-state index contributed by atoms with van der Waals surface area (Å²) in [4.78, 5) is 0. The summed E-state index contributed by atoms with van der Waals surface area (Å²) < 4.78 is 22.0. The number of rotatable bonds is 13. The van der Waals surface area contributed by atoms with Crippen molar-refractivity contribution in [1.82, 2.24) is 0 Å². The molecule has 0 radical (unpaired) electrons. The lowest BCUT2D eigenvalue weighted by Crippen LogP contribution is -2.12. The third-order valence-corrected chi connectivity index (χ3v) is 2.15. The molecular weight excluding hydrogens is 346 g/mol. The molecule has 98 valence electrons. The SMILES string of the molecule is ClCCOCCOCCOCCOCCI. The topological polar surface area (TPSA) is 36.9 Å². The van der Waals surface area contributed by atoms with Crippen molar-refractivity contribution in [3.8, 4) is 0 Å². The fraction of sp³-hybridized carbons (Fsp3) is 1.00. The van der Waals surface area contributed by atoms with Gasteiger partial charge >= 0.3 is 0 Å². The van der Waals surface area contributed by atoms with Gasteiger partial charge in [0, 0.05) is 10.3 Å². The Morgan fingerprint density at radius 1 is 0.625 bits per heavy atom. The second-order valence-electron chi connectivity index (χ2n) is 2.83. The number of halogens is 2. The minimum absolute atomic E-state index is 0.528. The Morgan fingerprint density at radius 3 is 1.38 bits per heavy atom. The Balaban J connectivity index is 2.83. The largest absolute Gasteiger partial charge is 0.378 e. The zero-order valence-corrected chi connectivity index (χ0v) is 12.4. The van der Waals surface area contributed by atoms with Crippen molar-refractivity contribution in [3.05, 3.63) is 0 Å². The van der Waals surface area contributed by atoms with E-state index in [9.17, 15) is 0 Å². The molecule has 0 bridgehead atoms. The zero-order valence-electron chi connectivity index (χ0n) is 9.46. The fourth-order valence-electron chi connectivity index (χ4n) is 0.871. The summed E-state index contributed by atoms with van der Waals surface area (Å²) in [5, 5.41) is 0. The molecule has 0 aromatic carbocycles. The molecule has 0 unspecified atom stereocenters. The second kappa shape index (κ2) is 15.9. The molecule has 0 spiro atoms. The monoisotopic (exact) mass is 366 g/mol. The van der Waals surface area contributed by atoms with Gasteiger partial charge in [-0.3, -0.25) is 0 Å². The molecular formula is C10H20ClIO4. The van der Waals surface area contributed by atoms with Crippen LogP contribution in [0.5, 0.6) is 0 Å². The maximum Gasteiger partial charge on any atom is 0.0701 e. The van der Waals surface area contributed by atoms with Gasteiger partial charge in [-0.15, -0.1) is 11.6 Å². The van der Waals surface area contributed by atoms with Gasteiger partial charge in [0.05, 0.1) is 52.9 Å². The normalized spacial score (nSPS) is 10.9. The van der Waals surface area contributed by atoms with Gasteiger partial charge in [0.15, 0.2) is 0 Å². The van der Waals surface area contributed by atoms with Gasteiger partial charge in [0.25, 0.3) is 0 Å². The van der Waals surface area contributed by atoms with E-state index < -0.39 is 0 Å². The molecule has 0 aliphatic rings. The van der Waals surface area contributed by atoms with E-state index in [4.69, 9.17) is 30.5 Å². The van der Waals surface area contributed by atoms with Crippen LogP contribution >= 0.6 is 34.2 Å². The number of alkyl halides is 2. The minimum Gasteiger partial charge on any atom is -0.378 e. The van der Waals surface area contributed by atoms with E-state index in [1.807, 2.05) is 0 Å². The lowest BCUT2D eigenvalue weighted by Gasteiger charge is -2.06. The van der Waals surface area contributed by atoms with Gasteiger partial charge in [0.2, 0.25) is 0 Å². The molecule has 6 heteroatoms. The summed E-state index contributed by atoms with van der Waals surface area (Å²) in [6.45, 7) is 5.02. The third kappa shape index (κ3) is 14.9. The van der Waals surface area contributed by atoms with Crippen LogP contribution in [-0.2, 0) is 18.9 Å². The Morgan fingerprint density at radius 2 is 1.00 bits per heavy atom. The lowest BCUT2D eigenvalue weighted by atomic mass is 10.7. The van der Waals surface area contributed by atoms with Crippen molar-refractivity contribution in [3.63, 3.8) is 0 Å². The smallest absolute Gasteiger partial charge is 0.0701 e. The number of hydrogen-bond acceptors (Lipinski definition) is 4. The summed E-state index contributed by atoms with van der Waals surface area (Å²) in [6.07, 6.45) is 0. The fourth-order valence-corrected chi connectivity index (χ4v) is 1.29. The first kappa shape index (κ1) is 16.9. The van der Waals surface area contributed by atoms with Gasteiger partial charge in [-0.25, -0.2) is 0 Å². The molecule has 0 fully saturated rings. The average Bonchev–Trinajstić information content (AvgIpc) is 2.31. The summed E-state index contributed by atoms with van der Waals surface area (Å²) >= 11 is 7.71. The maximum absolute atomic E-state index is 5.44. The lowest BCUT2D eigenvalue weighted by molar-refractivity contribution is 0.00154. The highest BCUT2D eigenvalue weighted by molar-refractivity contribution is 14.1. The highest BCUT2D eigenvalue weighted by Crippen LogP contribution is 1.85. The molecule has 0 aliphatic heterocycles. The Bertz CT molecular complexity index is 115. The minimum atomic E-state index is 0.528. The van der Waals surface area contributed by atoms with Crippen LogP contribution in [-0.4, -0.2) is 63.2 Å². The first-order valence-electron chi connectivity index (χ1n) is 5.34. The molecule has 16 heavy (non-hydrogen) atoms. The van der Waals surface area contributed by atoms with Crippen LogP contribution in [0.1, 0.15) is 0 Å². The molecule has 0 rings (SSSR count). The van der Waals surface area contributed by atoms with Crippen LogP contribution in [0, 0.1) is 0 Å². The maximum atomic E-state index is 5.44. The van der Waals surface area contributed by atoms with E-state index in [2.05, 4.69) is 22.6 Å². The first-order valence-corrected chi connectivity index (χ1v) is 7.40. The molecule has 0 amide bonds. The number of hydrogen-bond donors (Lipinski definition) is 0. The summed E-state index contributed by atoms with van der Waals surface area (Å²) in [5.74, 6) is 0.528. The molecule has 0 aliphatic carbocycles. The molecule has 0 N–H and O–H groups in total. The predicted octanol–water partition coefficient (Wildman–Crippen LogP) is 1.73. The van der Waals surface area contributed by atoms with Crippen molar-refractivity contribution < 1.29 is 18.9 Å². The highest BCUT2D eigenvalue weighted by Gasteiger charge is 1.91. The van der Waals surface area contributed by atoms with E-state index in [1.165, 1.54) is 0 Å². The Labute approximate surface area is 116 Å². The Kier molecular flexibility index (Phi) is 16.7. The van der Waals surface area contributed by atoms with E-state index in [0.717, 1.165) is 11.0 Å². The van der Waals surface area contributed by atoms with Crippen molar-refractivity contribution in [2.24, 2.45) is 0 Å². The van der Waals surface area contributed by atoms with E-state index in [0.29, 0.717) is 52.1 Å². The Hall–Kier alpha value is 0.860. The molecule has 0 atom stereocenters. The quantitative estimate of drug-likeness (QED) is 0.283. The van der Waals surface area contributed by atoms with E-state index in [-0.39, 0.29) is 0 Å². The summed E-state index contributed by atoms with van der Waals surface area (Å²) in [7, 11) is 0. The first-order chi connectivity index (χ1) is 7.91. The van der Waals surface area contributed by atoms with Crippen molar-refractivity contribution in [2.45, 2.75) is 0 Å². The van der Waals surface area contributed by atoms with Gasteiger partial charge in [-0.1, -0.05) is 22.6 Å². The molecule has 0 heterocycles. The van der Waals surface area contributed by atoms with Gasteiger partial charge in [-0.2, -0.15) is 0 Å². The van der Waals surface area contributed by atoms with Crippen LogP contribution in [0.3, 0.4) is 0 Å².